The van der Waals surface area contributed by atoms with Crippen LogP contribution in [0, 0.1) is 11.7 Å². The molecule has 4 nitrogen and oxygen atoms in total. The van der Waals surface area contributed by atoms with E-state index in [1.807, 2.05) is 20.8 Å². The van der Waals surface area contributed by atoms with Crippen LogP contribution in [-0.4, -0.2) is 20.4 Å². The first-order valence-electron chi connectivity index (χ1n) is 6.32. The number of nitrogens with one attached hydrogen (secondary N) is 1. The van der Waals surface area contributed by atoms with Crippen LogP contribution in [0.25, 0.3) is 0 Å². The van der Waals surface area contributed by atoms with Gasteiger partial charge in [0.2, 0.25) is 0 Å². The van der Waals surface area contributed by atoms with E-state index in [1.54, 1.807) is 0 Å². The lowest BCUT2D eigenvalue weighted by Gasteiger charge is -2.21. The van der Waals surface area contributed by atoms with Crippen molar-refractivity contribution in [2.24, 2.45) is 5.92 Å². The highest BCUT2D eigenvalue weighted by Gasteiger charge is 2.23. The lowest BCUT2D eigenvalue weighted by molar-refractivity contribution is 0.0920. The van der Waals surface area contributed by atoms with E-state index < -0.39 is 20.8 Å². The van der Waals surface area contributed by atoms with Crippen LogP contribution < -0.4 is 5.32 Å². The molecule has 0 saturated heterocycles. The molecule has 0 saturated carbocycles. The highest BCUT2D eigenvalue weighted by atomic mass is 79.9. The van der Waals surface area contributed by atoms with Gasteiger partial charge >= 0.3 is 0 Å². The summed E-state index contributed by atoms with van der Waals surface area (Å²) in [7, 11) is 1.19. The zero-order valence-electron chi connectivity index (χ0n) is 11.8. The number of amides is 1. The second kappa shape index (κ2) is 7.07. The van der Waals surface area contributed by atoms with Crippen LogP contribution in [0.15, 0.2) is 21.5 Å². The quantitative estimate of drug-likeness (QED) is 0.767. The molecule has 1 N–H and O–H groups in total. The van der Waals surface area contributed by atoms with Crippen molar-refractivity contribution in [2.75, 3.05) is 0 Å². The van der Waals surface area contributed by atoms with Gasteiger partial charge < -0.3 is 5.32 Å². The standard InChI is InChI=1S/C13H16BrClFNO3S/c1-4-11(7(2)3)17-13(18)8-5-12(21(15,19)20)9(14)6-10(8)16/h5-7,11H,4H2,1-3H3,(H,17,18). The van der Waals surface area contributed by atoms with Gasteiger partial charge in [-0.1, -0.05) is 20.8 Å². The Morgan fingerprint density at radius 3 is 2.43 bits per heavy atom. The van der Waals surface area contributed by atoms with Gasteiger partial charge in [-0.05, 0) is 40.4 Å². The maximum atomic E-state index is 13.9. The van der Waals surface area contributed by atoms with Crippen molar-refractivity contribution in [3.63, 3.8) is 0 Å². The number of carbonyl (C=O) groups is 1. The summed E-state index contributed by atoms with van der Waals surface area (Å²) in [5.41, 5.74) is -0.350. The summed E-state index contributed by atoms with van der Waals surface area (Å²) >= 11 is 2.92. The summed E-state index contributed by atoms with van der Waals surface area (Å²) in [5.74, 6) is -1.31. The third-order valence-electron chi connectivity index (χ3n) is 3.09. The third kappa shape index (κ3) is 4.66. The topological polar surface area (TPSA) is 63.2 Å². The van der Waals surface area contributed by atoms with Crippen LogP contribution in [0.1, 0.15) is 37.6 Å². The van der Waals surface area contributed by atoms with Crippen molar-refractivity contribution >= 4 is 41.6 Å². The van der Waals surface area contributed by atoms with Crippen molar-refractivity contribution in [2.45, 2.75) is 38.1 Å². The summed E-state index contributed by atoms with van der Waals surface area (Å²) in [5, 5.41) is 2.69. The predicted octanol–water partition coefficient (Wildman–Crippen LogP) is 3.68. The van der Waals surface area contributed by atoms with E-state index >= 15 is 0 Å². The average molecular weight is 401 g/mol. The van der Waals surface area contributed by atoms with Gasteiger partial charge in [-0.3, -0.25) is 4.79 Å². The van der Waals surface area contributed by atoms with Crippen molar-refractivity contribution in [1.82, 2.24) is 5.32 Å². The highest BCUT2D eigenvalue weighted by molar-refractivity contribution is 9.10. The molecule has 0 aliphatic rings. The van der Waals surface area contributed by atoms with Crippen LogP contribution in [0.4, 0.5) is 4.39 Å². The molecular weight excluding hydrogens is 385 g/mol. The largest absolute Gasteiger partial charge is 0.349 e. The number of hydrogen-bond donors (Lipinski definition) is 1. The SMILES string of the molecule is CCC(NC(=O)c1cc(S(=O)(=O)Cl)c(Br)cc1F)C(C)C. The van der Waals surface area contributed by atoms with E-state index in [0.717, 1.165) is 12.1 Å². The highest BCUT2D eigenvalue weighted by Crippen LogP contribution is 2.28. The van der Waals surface area contributed by atoms with Crippen LogP contribution in [-0.2, 0) is 9.05 Å². The van der Waals surface area contributed by atoms with Gasteiger partial charge in [-0.2, -0.15) is 0 Å². The molecule has 8 heteroatoms. The fraction of sp³-hybridized carbons (Fsp3) is 0.462. The number of benzene rings is 1. The first-order valence-corrected chi connectivity index (χ1v) is 9.42. The van der Waals surface area contributed by atoms with Crippen molar-refractivity contribution in [1.29, 1.82) is 0 Å². The van der Waals surface area contributed by atoms with E-state index in [2.05, 4.69) is 21.2 Å². The molecule has 1 atom stereocenters. The summed E-state index contributed by atoms with van der Waals surface area (Å²) < 4.78 is 36.7. The minimum Gasteiger partial charge on any atom is -0.349 e. The third-order valence-corrected chi connectivity index (χ3v) is 5.37. The fourth-order valence-corrected chi connectivity index (χ4v) is 4.04. The molecule has 0 fully saturated rings. The molecule has 0 spiro atoms. The van der Waals surface area contributed by atoms with Gasteiger partial charge in [0.1, 0.15) is 5.82 Å². The van der Waals surface area contributed by atoms with E-state index in [9.17, 15) is 17.6 Å². The molecule has 1 aromatic carbocycles. The first kappa shape index (κ1) is 18.4. The van der Waals surface area contributed by atoms with Gasteiger partial charge in [0.15, 0.2) is 0 Å². The zero-order valence-corrected chi connectivity index (χ0v) is 14.9. The predicted molar refractivity (Wildman–Crippen MR) is 83.5 cm³/mol. The van der Waals surface area contributed by atoms with Gasteiger partial charge in [0, 0.05) is 21.2 Å². The number of rotatable bonds is 5. The zero-order chi connectivity index (χ0) is 16.4. The molecule has 0 aliphatic heterocycles. The van der Waals surface area contributed by atoms with Gasteiger partial charge in [-0.25, -0.2) is 12.8 Å². The average Bonchev–Trinajstić information content (AvgIpc) is 2.33. The van der Waals surface area contributed by atoms with E-state index in [4.69, 9.17) is 10.7 Å². The molecule has 0 aromatic heterocycles. The molecule has 21 heavy (non-hydrogen) atoms. The maximum absolute atomic E-state index is 13.9. The molecule has 1 aromatic rings. The molecule has 0 bridgehead atoms. The Kier molecular flexibility index (Phi) is 6.19. The fourth-order valence-electron chi connectivity index (χ4n) is 1.88. The normalized spacial score (nSPS) is 13.3. The van der Waals surface area contributed by atoms with Gasteiger partial charge in [0.05, 0.1) is 10.5 Å². The number of carbonyl (C=O) groups excluding carboxylic acids is 1. The van der Waals surface area contributed by atoms with Crippen LogP contribution in [0.3, 0.4) is 0 Å². The van der Waals surface area contributed by atoms with Crippen molar-refractivity contribution in [3.05, 3.63) is 28.0 Å². The lowest BCUT2D eigenvalue weighted by atomic mass is 10.0. The molecular formula is C13H16BrClFNO3S. The Bertz CT molecular complexity index is 649. The minimum absolute atomic E-state index is 0.0255. The second-order valence-electron chi connectivity index (χ2n) is 4.93. The van der Waals surface area contributed by atoms with Crippen molar-refractivity contribution < 1.29 is 17.6 Å². The summed E-state index contributed by atoms with van der Waals surface area (Å²) in [6.07, 6.45) is 0.683. The Hall–Kier alpha value is -0.660. The molecule has 0 heterocycles. The molecule has 0 radical (unpaired) electrons. The Labute approximate surface area is 136 Å². The molecule has 118 valence electrons. The van der Waals surface area contributed by atoms with Gasteiger partial charge in [-0.15, -0.1) is 0 Å². The summed E-state index contributed by atoms with van der Waals surface area (Å²) in [6.45, 7) is 5.76. The molecule has 0 aliphatic carbocycles. The van der Waals surface area contributed by atoms with Crippen LogP contribution >= 0.6 is 26.6 Å². The Balaban J connectivity index is 3.22. The molecule has 1 amide bonds. The minimum atomic E-state index is -4.08. The first-order chi connectivity index (χ1) is 9.57. The smallest absolute Gasteiger partial charge is 0.262 e. The lowest BCUT2D eigenvalue weighted by Crippen LogP contribution is -2.38. The van der Waals surface area contributed by atoms with Crippen LogP contribution in [0.5, 0.6) is 0 Å². The maximum Gasteiger partial charge on any atom is 0.262 e. The number of halogens is 3. The summed E-state index contributed by atoms with van der Waals surface area (Å²) in [4.78, 5) is 11.8. The second-order valence-corrected chi connectivity index (χ2v) is 8.32. The van der Waals surface area contributed by atoms with Crippen LogP contribution in [0.2, 0.25) is 0 Å². The Morgan fingerprint density at radius 1 is 1.43 bits per heavy atom. The van der Waals surface area contributed by atoms with E-state index in [1.165, 1.54) is 0 Å². The molecule has 1 unspecified atom stereocenters. The number of hydrogen-bond acceptors (Lipinski definition) is 3. The van der Waals surface area contributed by atoms with E-state index in [0.29, 0.717) is 6.42 Å². The molecule has 1 rings (SSSR count). The van der Waals surface area contributed by atoms with Gasteiger partial charge in [0.25, 0.3) is 15.0 Å². The monoisotopic (exact) mass is 399 g/mol. The Morgan fingerprint density at radius 2 is 2.00 bits per heavy atom. The van der Waals surface area contributed by atoms with E-state index in [-0.39, 0.29) is 26.9 Å². The summed E-state index contributed by atoms with van der Waals surface area (Å²) in [6, 6.07) is 1.72. The van der Waals surface area contributed by atoms with Crippen molar-refractivity contribution in [3.8, 4) is 0 Å².